The summed E-state index contributed by atoms with van der Waals surface area (Å²) in [6, 6.07) is 3.37. The number of pyridine rings is 1. The van der Waals surface area contributed by atoms with Gasteiger partial charge in [-0.3, -0.25) is 0 Å². The van der Waals surface area contributed by atoms with E-state index in [1.165, 1.54) is 6.20 Å². The molecule has 0 atom stereocenters. The lowest BCUT2D eigenvalue weighted by molar-refractivity contribution is -0.388. The van der Waals surface area contributed by atoms with Gasteiger partial charge >= 0.3 is 5.82 Å². The van der Waals surface area contributed by atoms with Crippen molar-refractivity contribution in [2.24, 2.45) is 5.41 Å². The molecule has 88 valence electrons. The highest BCUT2D eigenvalue weighted by Crippen LogP contribution is 2.24. The van der Waals surface area contributed by atoms with Gasteiger partial charge in [-0.05, 0) is 33.9 Å². The predicted octanol–water partition coefficient (Wildman–Crippen LogP) is 2.84. The molecular formula is C11H17N3O2. The number of aromatic nitrogens is 1. The van der Waals surface area contributed by atoms with Gasteiger partial charge in [0.15, 0.2) is 0 Å². The second kappa shape index (κ2) is 4.92. The number of nitro groups is 1. The average Bonchev–Trinajstić information content (AvgIpc) is 2.27. The first-order chi connectivity index (χ1) is 7.46. The lowest BCUT2D eigenvalue weighted by atomic mass is 9.90. The first-order valence-electron chi connectivity index (χ1n) is 5.29. The molecule has 0 radical (unpaired) electrons. The summed E-state index contributed by atoms with van der Waals surface area (Å²) in [6.45, 7) is 7.01. The summed E-state index contributed by atoms with van der Waals surface area (Å²) in [7, 11) is 0. The van der Waals surface area contributed by atoms with Crippen molar-refractivity contribution in [1.82, 2.24) is 4.98 Å². The van der Waals surface area contributed by atoms with Crippen LogP contribution in [0.3, 0.4) is 0 Å². The van der Waals surface area contributed by atoms with Crippen molar-refractivity contribution < 1.29 is 4.92 Å². The normalized spacial score (nSPS) is 11.2. The van der Waals surface area contributed by atoms with Crippen molar-refractivity contribution in [3.8, 4) is 0 Å². The summed E-state index contributed by atoms with van der Waals surface area (Å²) < 4.78 is 0. The lowest BCUT2D eigenvalue weighted by Gasteiger charge is -2.23. The van der Waals surface area contributed by atoms with E-state index in [9.17, 15) is 10.1 Å². The minimum absolute atomic E-state index is 0.115. The van der Waals surface area contributed by atoms with Crippen LogP contribution in [-0.2, 0) is 0 Å². The zero-order valence-corrected chi connectivity index (χ0v) is 9.86. The number of nitrogens with zero attached hydrogens (tertiary/aromatic N) is 2. The molecule has 0 bridgehead atoms. The number of anilines is 1. The number of nitrogens with one attached hydrogen (secondary N) is 1. The van der Waals surface area contributed by atoms with Crippen molar-refractivity contribution in [2.75, 3.05) is 11.9 Å². The Morgan fingerprint density at radius 1 is 1.56 bits per heavy atom. The maximum atomic E-state index is 10.7. The highest BCUT2D eigenvalue weighted by atomic mass is 16.6. The zero-order valence-electron chi connectivity index (χ0n) is 9.86. The van der Waals surface area contributed by atoms with Gasteiger partial charge in [-0.15, -0.1) is 0 Å². The van der Waals surface area contributed by atoms with Gasteiger partial charge in [-0.25, -0.2) is 0 Å². The minimum atomic E-state index is -0.471. The van der Waals surface area contributed by atoms with Crippen molar-refractivity contribution in [2.45, 2.75) is 27.2 Å². The summed E-state index contributed by atoms with van der Waals surface area (Å²) in [6.07, 6.45) is 2.43. The summed E-state index contributed by atoms with van der Waals surface area (Å²) in [5, 5.41) is 13.8. The summed E-state index contributed by atoms with van der Waals surface area (Å²) >= 11 is 0. The van der Waals surface area contributed by atoms with Crippen LogP contribution in [0.15, 0.2) is 18.3 Å². The standard InChI is InChI=1S/C11H17N3O2/c1-4-11(2,3)8-13-9-6-5-7-12-10(9)14(15)16/h5-7,13H,4,8H2,1-3H3. The van der Waals surface area contributed by atoms with E-state index < -0.39 is 4.92 Å². The van der Waals surface area contributed by atoms with Gasteiger partial charge < -0.3 is 15.4 Å². The van der Waals surface area contributed by atoms with Crippen molar-refractivity contribution in [1.29, 1.82) is 0 Å². The number of hydrogen-bond acceptors (Lipinski definition) is 4. The third-order valence-corrected chi connectivity index (χ3v) is 2.67. The van der Waals surface area contributed by atoms with Crippen molar-refractivity contribution >= 4 is 11.5 Å². The fraction of sp³-hybridized carbons (Fsp3) is 0.545. The Labute approximate surface area is 95.0 Å². The van der Waals surface area contributed by atoms with E-state index >= 15 is 0 Å². The lowest BCUT2D eigenvalue weighted by Crippen LogP contribution is -2.22. The second-order valence-corrected chi connectivity index (χ2v) is 4.50. The quantitative estimate of drug-likeness (QED) is 0.615. The molecule has 1 heterocycles. The molecule has 1 N–H and O–H groups in total. The molecule has 1 aromatic heterocycles. The second-order valence-electron chi connectivity index (χ2n) is 4.50. The molecule has 0 aliphatic heterocycles. The average molecular weight is 223 g/mol. The predicted molar refractivity (Wildman–Crippen MR) is 63.5 cm³/mol. The van der Waals surface area contributed by atoms with Crippen LogP contribution in [0.2, 0.25) is 0 Å². The molecule has 0 aliphatic rings. The molecule has 5 heteroatoms. The maximum Gasteiger partial charge on any atom is 0.386 e. The monoisotopic (exact) mass is 223 g/mol. The Morgan fingerprint density at radius 3 is 2.81 bits per heavy atom. The molecule has 0 saturated carbocycles. The van der Waals surface area contributed by atoms with Crippen LogP contribution in [0, 0.1) is 15.5 Å². The maximum absolute atomic E-state index is 10.7. The summed E-state index contributed by atoms with van der Waals surface area (Å²) in [4.78, 5) is 14.0. The van der Waals surface area contributed by atoms with Crippen LogP contribution < -0.4 is 5.32 Å². The Balaban J connectivity index is 2.78. The molecule has 0 aliphatic carbocycles. The number of hydrogen-bond donors (Lipinski definition) is 1. The van der Waals surface area contributed by atoms with E-state index in [1.54, 1.807) is 12.1 Å². The van der Waals surface area contributed by atoms with E-state index in [2.05, 4.69) is 31.1 Å². The SMILES string of the molecule is CCC(C)(C)CNc1cccnc1[N+](=O)[O-]. The van der Waals surface area contributed by atoms with Gasteiger partial charge in [0.1, 0.15) is 11.9 Å². The zero-order chi connectivity index (χ0) is 12.2. The van der Waals surface area contributed by atoms with Crippen LogP contribution >= 0.6 is 0 Å². The fourth-order valence-corrected chi connectivity index (χ4v) is 1.14. The van der Waals surface area contributed by atoms with Crippen molar-refractivity contribution in [3.05, 3.63) is 28.4 Å². The molecule has 1 aromatic rings. The molecule has 5 nitrogen and oxygen atoms in total. The fourth-order valence-electron chi connectivity index (χ4n) is 1.14. The van der Waals surface area contributed by atoms with Crippen LogP contribution in [-0.4, -0.2) is 16.5 Å². The van der Waals surface area contributed by atoms with Gasteiger partial charge in [0, 0.05) is 6.54 Å². The molecule has 0 amide bonds. The van der Waals surface area contributed by atoms with Crippen molar-refractivity contribution in [3.63, 3.8) is 0 Å². The van der Waals surface area contributed by atoms with E-state index in [1.807, 2.05) is 0 Å². The smallest absolute Gasteiger partial charge is 0.378 e. The van der Waals surface area contributed by atoms with Gasteiger partial charge in [0.2, 0.25) is 0 Å². The first kappa shape index (κ1) is 12.4. The topological polar surface area (TPSA) is 68.1 Å². The largest absolute Gasteiger partial charge is 0.386 e. The van der Waals surface area contributed by atoms with Gasteiger partial charge in [0.25, 0.3) is 0 Å². The summed E-state index contributed by atoms with van der Waals surface area (Å²) in [5.74, 6) is -0.116. The van der Waals surface area contributed by atoms with Crippen LogP contribution in [0.1, 0.15) is 27.2 Å². The molecule has 16 heavy (non-hydrogen) atoms. The minimum Gasteiger partial charge on any atom is -0.378 e. The first-order valence-corrected chi connectivity index (χ1v) is 5.29. The van der Waals surface area contributed by atoms with Crippen LogP contribution in [0.5, 0.6) is 0 Å². The molecule has 0 unspecified atom stereocenters. The summed E-state index contributed by atoms with van der Waals surface area (Å²) in [5.41, 5.74) is 0.595. The van der Waals surface area contributed by atoms with E-state index in [0.29, 0.717) is 12.2 Å². The molecule has 1 rings (SSSR count). The molecule has 0 spiro atoms. The van der Waals surface area contributed by atoms with Gasteiger partial charge in [-0.1, -0.05) is 20.8 Å². The van der Waals surface area contributed by atoms with Crippen LogP contribution in [0.25, 0.3) is 0 Å². The van der Waals surface area contributed by atoms with E-state index in [4.69, 9.17) is 0 Å². The number of rotatable bonds is 5. The Bertz CT molecular complexity index is 377. The van der Waals surface area contributed by atoms with Gasteiger partial charge in [0.05, 0.1) is 0 Å². The van der Waals surface area contributed by atoms with Crippen LogP contribution in [0.4, 0.5) is 11.5 Å². The van der Waals surface area contributed by atoms with E-state index in [0.717, 1.165) is 6.42 Å². The third-order valence-electron chi connectivity index (χ3n) is 2.67. The highest BCUT2D eigenvalue weighted by Gasteiger charge is 2.18. The third kappa shape index (κ3) is 3.18. The highest BCUT2D eigenvalue weighted by molar-refractivity contribution is 5.56. The van der Waals surface area contributed by atoms with E-state index in [-0.39, 0.29) is 11.2 Å². The Kier molecular flexibility index (Phi) is 3.82. The Hall–Kier alpha value is -1.65. The Morgan fingerprint density at radius 2 is 2.25 bits per heavy atom. The molecule has 0 saturated heterocycles. The molecule has 0 aromatic carbocycles. The molecular weight excluding hydrogens is 206 g/mol. The molecule has 0 fully saturated rings. The van der Waals surface area contributed by atoms with Gasteiger partial charge in [-0.2, -0.15) is 0 Å².